The van der Waals surface area contributed by atoms with E-state index >= 15 is 0 Å². The second kappa shape index (κ2) is 8.28. The van der Waals surface area contributed by atoms with E-state index < -0.39 is 29.3 Å². The van der Waals surface area contributed by atoms with Gasteiger partial charge in [0.05, 0.1) is 5.39 Å². The number of Topliss-reactive ketones (excluding diaryl/α,β-unsaturated/α-hetero) is 1. The molecule has 0 aliphatic heterocycles. The van der Waals surface area contributed by atoms with E-state index in [9.17, 15) is 19.2 Å². The molecule has 154 valence electrons. The molecule has 0 bridgehead atoms. The maximum atomic E-state index is 12.4. The molecule has 0 aliphatic rings. The van der Waals surface area contributed by atoms with E-state index in [1.807, 2.05) is 0 Å². The number of fused-ring (bicyclic) bond motifs is 1. The fourth-order valence-electron chi connectivity index (χ4n) is 2.61. The van der Waals surface area contributed by atoms with E-state index in [1.165, 1.54) is 0 Å². The van der Waals surface area contributed by atoms with Crippen molar-refractivity contribution in [2.75, 3.05) is 11.9 Å². The molecule has 2 aromatic carbocycles. The van der Waals surface area contributed by atoms with Gasteiger partial charge in [-0.15, -0.1) is 0 Å². The summed E-state index contributed by atoms with van der Waals surface area (Å²) >= 11 is 0. The molecule has 0 radical (unpaired) electrons. The molecule has 3 aromatic rings. The number of carbonyl (C=O) groups is 3. The third-order valence-electron chi connectivity index (χ3n) is 4.37. The average Bonchev–Trinajstić information content (AvgIpc) is 2.72. The Balaban J connectivity index is 1.66. The first kappa shape index (κ1) is 20.9. The molecule has 0 atom stereocenters. The normalized spacial score (nSPS) is 11.2. The van der Waals surface area contributed by atoms with Crippen LogP contribution < -0.4 is 10.9 Å². The van der Waals surface area contributed by atoms with Crippen molar-refractivity contribution >= 4 is 34.1 Å². The Morgan fingerprint density at radius 3 is 2.27 bits per heavy atom. The lowest BCUT2D eigenvalue weighted by Gasteiger charge is -2.17. The zero-order chi connectivity index (χ0) is 21.9. The smallest absolute Gasteiger partial charge is 0.359 e. The summed E-state index contributed by atoms with van der Waals surface area (Å²) in [6.07, 6.45) is 0. The quantitative estimate of drug-likeness (QED) is 0.496. The third-order valence-corrected chi connectivity index (χ3v) is 4.37. The van der Waals surface area contributed by atoms with Gasteiger partial charge < -0.3 is 10.1 Å². The van der Waals surface area contributed by atoms with E-state index in [1.54, 1.807) is 69.3 Å². The molecule has 0 saturated heterocycles. The lowest BCUT2D eigenvalue weighted by molar-refractivity contribution is -0.123. The van der Waals surface area contributed by atoms with Crippen LogP contribution in [0.15, 0.2) is 53.3 Å². The summed E-state index contributed by atoms with van der Waals surface area (Å²) in [5.41, 5.74) is -0.138. The van der Waals surface area contributed by atoms with E-state index in [2.05, 4.69) is 15.5 Å². The van der Waals surface area contributed by atoms with Gasteiger partial charge in [0.2, 0.25) is 5.91 Å². The topological polar surface area (TPSA) is 118 Å². The van der Waals surface area contributed by atoms with Crippen LogP contribution in [-0.4, -0.2) is 34.5 Å². The molecule has 1 amide bonds. The second-order valence-corrected chi connectivity index (χ2v) is 7.73. The summed E-state index contributed by atoms with van der Waals surface area (Å²) in [7, 11) is 0. The van der Waals surface area contributed by atoms with E-state index in [-0.39, 0.29) is 11.6 Å². The van der Waals surface area contributed by atoms with Crippen molar-refractivity contribution in [3.63, 3.8) is 0 Å². The van der Waals surface area contributed by atoms with Gasteiger partial charge in [0.25, 0.3) is 5.56 Å². The molecule has 8 nitrogen and oxygen atoms in total. The van der Waals surface area contributed by atoms with Crippen molar-refractivity contribution in [2.24, 2.45) is 5.41 Å². The first-order valence-electron chi connectivity index (χ1n) is 9.26. The lowest BCUT2D eigenvalue weighted by atomic mass is 9.95. The minimum atomic E-state index is -0.815. The van der Waals surface area contributed by atoms with Crippen molar-refractivity contribution in [3.8, 4) is 0 Å². The van der Waals surface area contributed by atoms with Crippen molar-refractivity contribution in [1.82, 2.24) is 10.2 Å². The Morgan fingerprint density at radius 1 is 1.00 bits per heavy atom. The van der Waals surface area contributed by atoms with Gasteiger partial charge in [-0.1, -0.05) is 39.0 Å². The largest absolute Gasteiger partial charge is 0.452 e. The third kappa shape index (κ3) is 4.60. The lowest BCUT2D eigenvalue weighted by Crippen LogP contribution is -2.27. The summed E-state index contributed by atoms with van der Waals surface area (Å²) < 4.78 is 5.09. The Bertz CT molecular complexity index is 1170. The SMILES string of the molecule is CC(C)(C)C(=O)Nc1ccc(C(=O)COC(=O)c2n[nH]c(=O)c3ccccc23)cc1. The van der Waals surface area contributed by atoms with Gasteiger partial charge in [-0.3, -0.25) is 14.4 Å². The summed E-state index contributed by atoms with van der Waals surface area (Å²) in [6.45, 7) is 4.92. The molecule has 0 unspecified atom stereocenters. The zero-order valence-corrected chi connectivity index (χ0v) is 16.8. The number of benzene rings is 2. The van der Waals surface area contributed by atoms with Crippen LogP contribution in [0.2, 0.25) is 0 Å². The molecule has 0 fully saturated rings. The molecular weight excluding hydrogens is 386 g/mol. The molecule has 0 aliphatic carbocycles. The number of nitrogens with one attached hydrogen (secondary N) is 2. The van der Waals surface area contributed by atoms with Crippen molar-refractivity contribution < 1.29 is 19.1 Å². The molecule has 3 rings (SSSR count). The molecule has 2 N–H and O–H groups in total. The van der Waals surface area contributed by atoms with Crippen molar-refractivity contribution in [3.05, 3.63) is 70.1 Å². The number of H-pyrrole nitrogens is 1. The maximum Gasteiger partial charge on any atom is 0.359 e. The average molecular weight is 407 g/mol. The predicted octanol–water partition coefficient (Wildman–Crippen LogP) is 2.95. The number of nitrogens with zero attached hydrogens (tertiary/aromatic N) is 1. The number of aromatic amines is 1. The van der Waals surface area contributed by atoms with Gasteiger partial charge in [0.15, 0.2) is 18.1 Å². The second-order valence-electron chi connectivity index (χ2n) is 7.73. The van der Waals surface area contributed by atoms with Gasteiger partial charge in [-0.2, -0.15) is 5.10 Å². The van der Waals surface area contributed by atoms with Crippen LogP contribution in [0.25, 0.3) is 10.8 Å². The van der Waals surface area contributed by atoms with Gasteiger partial charge >= 0.3 is 5.97 Å². The number of ether oxygens (including phenoxy) is 1. The van der Waals surface area contributed by atoms with Gasteiger partial charge in [0.1, 0.15) is 0 Å². The standard InChI is InChI=1S/C22H21N3O5/c1-22(2,3)21(29)23-14-10-8-13(9-11-14)17(26)12-30-20(28)18-15-6-4-5-7-16(15)19(27)25-24-18/h4-11H,12H2,1-3H3,(H,23,29)(H,25,27). The zero-order valence-electron chi connectivity index (χ0n) is 16.8. The number of amides is 1. The fourth-order valence-corrected chi connectivity index (χ4v) is 2.61. The minimum absolute atomic E-state index is 0.0711. The number of anilines is 1. The highest BCUT2D eigenvalue weighted by Crippen LogP contribution is 2.18. The Morgan fingerprint density at radius 2 is 1.63 bits per heavy atom. The summed E-state index contributed by atoms with van der Waals surface area (Å²) in [5.74, 6) is -1.37. The maximum absolute atomic E-state index is 12.4. The predicted molar refractivity (Wildman–Crippen MR) is 112 cm³/mol. The van der Waals surface area contributed by atoms with Crippen LogP contribution in [0.3, 0.4) is 0 Å². The number of aromatic nitrogens is 2. The fraction of sp³-hybridized carbons (Fsp3) is 0.227. The van der Waals surface area contributed by atoms with Gasteiger partial charge in [-0.25, -0.2) is 9.89 Å². The number of hydrogen-bond acceptors (Lipinski definition) is 6. The number of carbonyl (C=O) groups excluding carboxylic acids is 3. The minimum Gasteiger partial charge on any atom is -0.452 e. The molecule has 0 spiro atoms. The van der Waals surface area contributed by atoms with E-state index in [4.69, 9.17) is 4.74 Å². The molecule has 8 heteroatoms. The summed E-state index contributed by atoms with van der Waals surface area (Å²) in [6, 6.07) is 12.8. The van der Waals surface area contributed by atoms with Gasteiger partial charge in [-0.05, 0) is 30.3 Å². The first-order chi connectivity index (χ1) is 14.2. The highest BCUT2D eigenvalue weighted by Gasteiger charge is 2.21. The summed E-state index contributed by atoms with van der Waals surface area (Å²) in [5, 5.41) is 9.42. The van der Waals surface area contributed by atoms with Crippen LogP contribution in [0, 0.1) is 5.41 Å². The molecule has 30 heavy (non-hydrogen) atoms. The van der Waals surface area contributed by atoms with Crippen LogP contribution in [0.1, 0.15) is 41.6 Å². The number of esters is 1. The first-order valence-corrected chi connectivity index (χ1v) is 9.26. The molecular formula is C22H21N3O5. The van der Waals surface area contributed by atoms with Crippen LogP contribution >= 0.6 is 0 Å². The Labute approximate surface area is 172 Å². The number of hydrogen-bond donors (Lipinski definition) is 2. The van der Waals surface area contributed by atoms with Gasteiger partial charge in [0, 0.05) is 22.1 Å². The summed E-state index contributed by atoms with van der Waals surface area (Å²) in [4.78, 5) is 48.5. The van der Waals surface area contributed by atoms with Crippen LogP contribution in [0.5, 0.6) is 0 Å². The molecule has 1 heterocycles. The highest BCUT2D eigenvalue weighted by molar-refractivity contribution is 6.04. The molecule has 0 saturated carbocycles. The van der Waals surface area contributed by atoms with Crippen molar-refractivity contribution in [1.29, 1.82) is 0 Å². The van der Waals surface area contributed by atoms with Crippen molar-refractivity contribution in [2.45, 2.75) is 20.8 Å². The van der Waals surface area contributed by atoms with E-state index in [0.29, 0.717) is 22.0 Å². The Hall–Kier alpha value is -3.81. The molecule has 1 aromatic heterocycles. The Kier molecular flexibility index (Phi) is 5.77. The van der Waals surface area contributed by atoms with Crippen LogP contribution in [-0.2, 0) is 9.53 Å². The monoisotopic (exact) mass is 407 g/mol. The van der Waals surface area contributed by atoms with Crippen LogP contribution in [0.4, 0.5) is 5.69 Å². The highest BCUT2D eigenvalue weighted by atomic mass is 16.5. The van der Waals surface area contributed by atoms with E-state index in [0.717, 1.165) is 0 Å². The number of rotatable bonds is 5. The number of ketones is 1.